The molecule has 18 heavy (non-hydrogen) atoms. The standard InChI is InChI=1S/C15H10ClFO/c16-14-5-1-11(2-6-14)9-13(10-18)12-3-7-15(17)8-4-12/h1-10H. The lowest BCUT2D eigenvalue weighted by Gasteiger charge is -2.01. The second kappa shape index (κ2) is 5.61. The molecule has 0 aliphatic carbocycles. The molecule has 0 saturated carbocycles. The summed E-state index contributed by atoms with van der Waals surface area (Å²) in [5.74, 6) is -0.324. The Morgan fingerprint density at radius 3 is 2.17 bits per heavy atom. The Balaban J connectivity index is 2.36. The molecule has 0 fully saturated rings. The van der Waals surface area contributed by atoms with Crippen LogP contribution in [-0.2, 0) is 4.79 Å². The highest BCUT2D eigenvalue weighted by Gasteiger charge is 2.01. The number of rotatable bonds is 3. The molecule has 0 aromatic heterocycles. The molecule has 0 spiro atoms. The average Bonchev–Trinajstić information content (AvgIpc) is 2.39. The first-order valence-electron chi connectivity index (χ1n) is 5.37. The van der Waals surface area contributed by atoms with Crippen molar-refractivity contribution in [3.05, 3.63) is 70.5 Å². The summed E-state index contributed by atoms with van der Waals surface area (Å²) in [5.41, 5.74) is 2.05. The lowest BCUT2D eigenvalue weighted by molar-refractivity contribution is -0.103. The van der Waals surface area contributed by atoms with Gasteiger partial charge in [-0.25, -0.2) is 4.39 Å². The molecule has 0 aliphatic heterocycles. The van der Waals surface area contributed by atoms with Crippen molar-refractivity contribution in [3.8, 4) is 0 Å². The van der Waals surface area contributed by atoms with E-state index in [9.17, 15) is 9.18 Å². The van der Waals surface area contributed by atoms with E-state index in [1.165, 1.54) is 12.1 Å². The molecule has 0 unspecified atom stereocenters. The van der Waals surface area contributed by atoms with Gasteiger partial charge in [-0.1, -0.05) is 35.9 Å². The lowest BCUT2D eigenvalue weighted by Crippen LogP contribution is -1.86. The molecule has 0 N–H and O–H groups in total. The van der Waals surface area contributed by atoms with E-state index in [0.29, 0.717) is 16.2 Å². The summed E-state index contributed by atoms with van der Waals surface area (Å²) >= 11 is 5.78. The van der Waals surface area contributed by atoms with Crippen molar-refractivity contribution in [1.82, 2.24) is 0 Å². The minimum atomic E-state index is -0.324. The summed E-state index contributed by atoms with van der Waals surface area (Å²) in [6, 6.07) is 12.9. The van der Waals surface area contributed by atoms with Crippen LogP contribution in [0.2, 0.25) is 5.02 Å². The SMILES string of the molecule is O=CC(=Cc1ccc(Cl)cc1)c1ccc(F)cc1. The predicted octanol–water partition coefficient (Wildman–Crippen LogP) is 4.22. The fourth-order valence-electron chi connectivity index (χ4n) is 1.57. The molecule has 2 aromatic rings. The van der Waals surface area contributed by atoms with Gasteiger partial charge in [-0.2, -0.15) is 0 Å². The molecule has 0 atom stereocenters. The molecule has 3 heteroatoms. The van der Waals surface area contributed by atoms with E-state index in [2.05, 4.69) is 0 Å². The number of hydrogen-bond acceptors (Lipinski definition) is 1. The number of hydrogen-bond donors (Lipinski definition) is 0. The lowest BCUT2D eigenvalue weighted by atomic mass is 10.0. The maximum Gasteiger partial charge on any atom is 0.150 e. The normalized spacial score (nSPS) is 11.3. The second-order valence-corrected chi connectivity index (χ2v) is 4.21. The first-order chi connectivity index (χ1) is 8.69. The Labute approximate surface area is 110 Å². The summed E-state index contributed by atoms with van der Waals surface area (Å²) in [6.07, 6.45) is 2.48. The average molecular weight is 261 g/mol. The van der Waals surface area contributed by atoms with Gasteiger partial charge in [-0.05, 0) is 41.5 Å². The fraction of sp³-hybridized carbons (Fsp3) is 0. The van der Waals surface area contributed by atoms with Crippen LogP contribution in [0.4, 0.5) is 4.39 Å². The van der Waals surface area contributed by atoms with Gasteiger partial charge in [0.05, 0.1) is 0 Å². The van der Waals surface area contributed by atoms with Crippen molar-refractivity contribution in [2.24, 2.45) is 0 Å². The van der Waals surface area contributed by atoms with E-state index in [4.69, 9.17) is 11.6 Å². The van der Waals surface area contributed by atoms with Crippen LogP contribution < -0.4 is 0 Å². The molecular formula is C15H10ClFO. The van der Waals surface area contributed by atoms with E-state index in [0.717, 1.165) is 11.8 Å². The summed E-state index contributed by atoms with van der Waals surface area (Å²) < 4.78 is 12.8. The van der Waals surface area contributed by atoms with E-state index < -0.39 is 0 Å². The van der Waals surface area contributed by atoms with Crippen LogP contribution in [0, 0.1) is 5.82 Å². The second-order valence-electron chi connectivity index (χ2n) is 3.78. The van der Waals surface area contributed by atoms with Crippen LogP contribution >= 0.6 is 11.6 Å². The Kier molecular flexibility index (Phi) is 3.90. The Morgan fingerprint density at radius 2 is 1.61 bits per heavy atom. The quantitative estimate of drug-likeness (QED) is 0.459. The van der Waals surface area contributed by atoms with Crippen molar-refractivity contribution >= 4 is 29.5 Å². The Bertz CT molecular complexity index is 570. The van der Waals surface area contributed by atoms with Gasteiger partial charge >= 0.3 is 0 Å². The third-order valence-corrected chi connectivity index (χ3v) is 2.75. The zero-order valence-corrected chi connectivity index (χ0v) is 10.2. The maximum atomic E-state index is 12.8. The summed E-state index contributed by atoms with van der Waals surface area (Å²) in [4.78, 5) is 11.1. The molecule has 0 aliphatic rings. The predicted molar refractivity (Wildman–Crippen MR) is 71.8 cm³/mol. The van der Waals surface area contributed by atoms with Crippen molar-refractivity contribution in [1.29, 1.82) is 0 Å². The van der Waals surface area contributed by atoms with Gasteiger partial charge in [-0.3, -0.25) is 4.79 Å². The topological polar surface area (TPSA) is 17.1 Å². The molecule has 0 heterocycles. The molecule has 0 radical (unpaired) electrons. The van der Waals surface area contributed by atoms with Gasteiger partial charge in [0.1, 0.15) is 5.82 Å². The number of carbonyl (C=O) groups is 1. The Hall–Kier alpha value is -1.93. The van der Waals surface area contributed by atoms with Gasteiger partial charge in [0, 0.05) is 10.6 Å². The van der Waals surface area contributed by atoms with Crippen LogP contribution in [0.1, 0.15) is 11.1 Å². The first kappa shape index (κ1) is 12.5. The summed E-state index contributed by atoms with van der Waals surface area (Å²) in [5, 5.41) is 0.640. The molecular weight excluding hydrogens is 251 g/mol. The largest absolute Gasteiger partial charge is 0.298 e. The van der Waals surface area contributed by atoms with Gasteiger partial charge in [0.15, 0.2) is 6.29 Å². The number of carbonyl (C=O) groups excluding carboxylic acids is 1. The van der Waals surface area contributed by atoms with Gasteiger partial charge < -0.3 is 0 Å². The highest BCUT2D eigenvalue weighted by molar-refractivity contribution is 6.30. The van der Waals surface area contributed by atoms with Crippen LogP contribution in [-0.4, -0.2) is 6.29 Å². The monoisotopic (exact) mass is 260 g/mol. The summed E-state index contributed by atoms with van der Waals surface area (Å²) in [7, 11) is 0. The van der Waals surface area contributed by atoms with Crippen molar-refractivity contribution < 1.29 is 9.18 Å². The van der Waals surface area contributed by atoms with Gasteiger partial charge in [-0.15, -0.1) is 0 Å². The first-order valence-corrected chi connectivity index (χ1v) is 5.75. The van der Waals surface area contributed by atoms with E-state index in [1.807, 2.05) is 12.1 Å². The molecule has 2 aromatic carbocycles. The molecule has 0 bridgehead atoms. The van der Waals surface area contributed by atoms with Crippen LogP contribution in [0.5, 0.6) is 0 Å². The van der Waals surface area contributed by atoms with Crippen LogP contribution in [0.3, 0.4) is 0 Å². The fourth-order valence-corrected chi connectivity index (χ4v) is 1.69. The van der Waals surface area contributed by atoms with E-state index >= 15 is 0 Å². The zero-order valence-electron chi connectivity index (χ0n) is 9.44. The molecule has 90 valence electrons. The Morgan fingerprint density at radius 1 is 1.00 bits per heavy atom. The smallest absolute Gasteiger partial charge is 0.150 e. The molecule has 0 saturated heterocycles. The third kappa shape index (κ3) is 3.05. The highest BCUT2D eigenvalue weighted by Crippen LogP contribution is 2.18. The zero-order chi connectivity index (χ0) is 13.0. The van der Waals surface area contributed by atoms with Crippen molar-refractivity contribution in [2.45, 2.75) is 0 Å². The van der Waals surface area contributed by atoms with Crippen molar-refractivity contribution in [2.75, 3.05) is 0 Å². The number of halogens is 2. The van der Waals surface area contributed by atoms with Gasteiger partial charge in [0.2, 0.25) is 0 Å². The minimum Gasteiger partial charge on any atom is -0.298 e. The van der Waals surface area contributed by atoms with Crippen LogP contribution in [0.15, 0.2) is 48.5 Å². The number of allylic oxidation sites excluding steroid dienone is 1. The van der Waals surface area contributed by atoms with E-state index in [-0.39, 0.29) is 5.82 Å². The minimum absolute atomic E-state index is 0.324. The van der Waals surface area contributed by atoms with Crippen molar-refractivity contribution in [3.63, 3.8) is 0 Å². The molecule has 1 nitrogen and oxygen atoms in total. The summed E-state index contributed by atoms with van der Waals surface area (Å²) in [6.45, 7) is 0. The number of benzene rings is 2. The highest BCUT2D eigenvalue weighted by atomic mass is 35.5. The maximum absolute atomic E-state index is 12.8. The molecule has 0 amide bonds. The van der Waals surface area contributed by atoms with E-state index in [1.54, 1.807) is 30.3 Å². The third-order valence-electron chi connectivity index (χ3n) is 2.50. The molecule has 2 rings (SSSR count). The van der Waals surface area contributed by atoms with Gasteiger partial charge in [0.25, 0.3) is 0 Å². The number of aldehydes is 1. The van der Waals surface area contributed by atoms with Crippen LogP contribution in [0.25, 0.3) is 11.6 Å².